The quantitative estimate of drug-likeness (QED) is 0.415. The summed E-state index contributed by atoms with van der Waals surface area (Å²) in [5.41, 5.74) is 4.87. The standard InChI is InChI=1S/C28H34O/c1-20(2)23-19-21(3)17-18-25(23)29-26-16-12-11-15-24(26)28(6,7)27(4,5)22-13-9-8-10-14-22/h8-20H,1-7H3. The minimum atomic E-state index is -0.131. The first-order chi connectivity index (χ1) is 13.6. The van der Waals surface area contributed by atoms with Crippen molar-refractivity contribution in [3.8, 4) is 11.5 Å². The Balaban J connectivity index is 2.06. The summed E-state index contributed by atoms with van der Waals surface area (Å²) in [6, 6.07) is 25.7. The van der Waals surface area contributed by atoms with Gasteiger partial charge in [-0.2, -0.15) is 0 Å². The normalized spacial score (nSPS) is 12.3. The Morgan fingerprint density at radius 3 is 1.97 bits per heavy atom. The van der Waals surface area contributed by atoms with Crippen LogP contribution in [0.3, 0.4) is 0 Å². The summed E-state index contributed by atoms with van der Waals surface area (Å²) in [5.74, 6) is 2.30. The molecule has 29 heavy (non-hydrogen) atoms. The van der Waals surface area contributed by atoms with Gasteiger partial charge in [-0.15, -0.1) is 0 Å². The summed E-state index contributed by atoms with van der Waals surface area (Å²) >= 11 is 0. The molecule has 0 spiro atoms. The van der Waals surface area contributed by atoms with Gasteiger partial charge in [0.15, 0.2) is 0 Å². The predicted octanol–water partition coefficient (Wildman–Crippen LogP) is 8.17. The zero-order valence-corrected chi connectivity index (χ0v) is 18.9. The molecule has 0 heterocycles. The van der Waals surface area contributed by atoms with Gasteiger partial charge in [-0.25, -0.2) is 0 Å². The molecule has 0 saturated carbocycles. The van der Waals surface area contributed by atoms with Gasteiger partial charge in [0.2, 0.25) is 0 Å². The van der Waals surface area contributed by atoms with E-state index in [1.54, 1.807) is 0 Å². The lowest BCUT2D eigenvalue weighted by molar-refractivity contribution is 0.293. The van der Waals surface area contributed by atoms with Crippen LogP contribution in [0.25, 0.3) is 0 Å². The van der Waals surface area contributed by atoms with Crippen LogP contribution in [0.2, 0.25) is 0 Å². The van der Waals surface area contributed by atoms with Crippen LogP contribution in [0.4, 0.5) is 0 Å². The molecule has 0 aliphatic carbocycles. The van der Waals surface area contributed by atoms with Crippen molar-refractivity contribution in [2.24, 2.45) is 0 Å². The second kappa shape index (κ2) is 8.06. The van der Waals surface area contributed by atoms with Crippen LogP contribution in [0, 0.1) is 6.92 Å². The van der Waals surface area contributed by atoms with Crippen LogP contribution in [0.5, 0.6) is 11.5 Å². The highest BCUT2D eigenvalue weighted by Gasteiger charge is 2.41. The van der Waals surface area contributed by atoms with Gasteiger partial charge in [0.1, 0.15) is 11.5 Å². The largest absolute Gasteiger partial charge is 0.457 e. The topological polar surface area (TPSA) is 9.23 Å². The summed E-state index contributed by atoms with van der Waals surface area (Å²) in [5, 5.41) is 0. The Kier molecular flexibility index (Phi) is 5.89. The molecule has 0 aliphatic rings. The van der Waals surface area contributed by atoms with E-state index >= 15 is 0 Å². The molecule has 1 nitrogen and oxygen atoms in total. The molecule has 0 unspecified atom stereocenters. The first kappa shape index (κ1) is 21.2. The fraction of sp³-hybridized carbons (Fsp3) is 0.357. The number of aryl methyl sites for hydroxylation is 1. The molecule has 1 heteroatoms. The summed E-state index contributed by atoms with van der Waals surface area (Å²) in [6.45, 7) is 15.9. The van der Waals surface area contributed by atoms with Crippen LogP contribution in [-0.2, 0) is 10.8 Å². The van der Waals surface area contributed by atoms with E-state index in [0.29, 0.717) is 5.92 Å². The van der Waals surface area contributed by atoms with E-state index in [1.165, 1.54) is 22.3 Å². The number of benzene rings is 3. The highest BCUT2D eigenvalue weighted by atomic mass is 16.5. The fourth-order valence-electron chi connectivity index (χ4n) is 3.95. The van der Waals surface area contributed by atoms with E-state index in [1.807, 2.05) is 0 Å². The van der Waals surface area contributed by atoms with Gasteiger partial charge < -0.3 is 4.74 Å². The maximum absolute atomic E-state index is 6.57. The van der Waals surface area contributed by atoms with Crippen molar-refractivity contribution in [2.45, 2.75) is 65.2 Å². The molecule has 0 saturated heterocycles. The van der Waals surface area contributed by atoms with Crippen LogP contribution < -0.4 is 4.74 Å². The van der Waals surface area contributed by atoms with Gasteiger partial charge in [0.05, 0.1) is 0 Å². The minimum absolute atomic E-state index is 0.0676. The molecule has 0 atom stereocenters. The molecule has 0 aliphatic heterocycles. The van der Waals surface area contributed by atoms with Gasteiger partial charge in [-0.1, -0.05) is 108 Å². The maximum atomic E-state index is 6.57. The van der Waals surface area contributed by atoms with Crippen LogP contribution in [0.15, 0.2) is 72.8 Å². The zero-order chi connectivity index (χ0) is 21.2. The lowest BCUT2D eigenvalue weighted by Crippen LogP contribution is -2.40. The molecular weight excluding hydrogens is 352 g/mol. The molecule has 0 radical (unpaired) electrons. The minimum Gasteiger partial charge on any atom is -0.457 e. The molecule has 0 amide bonds. The molecule has 0 N–H and O–H groups in total. The average molecular weight is 387 g/mol. The van der Waals surface area contributed by atoms with E-state index in [4.69, 9.17) is 4.74 Å². The molecule has 3 aromatic carbocycles. The predicted molar refractivity (Wildman–Crippen MR) is 124 cm³/mol. The van der Waals surface area contributed by atoms with Crippen molar-refractivity contribution in [3.63, 3.8) is 0 Å². The van der Waals surface area contributed by atoms with Gasteiger partial charge >= 0.3 is 0 Å². The average Bonchev–Trinajstić information content (AvgIpc) is 2.70. The van der Waals surface area contributed by atoms with E-state index in [9.17, 15) is 0 Å². The first-order valence-electron chi connectivity index (χ1n) is 10.6. The number of hydrogen-bond donors (Lipinski definition) is 0. The van der Waals surface area contributed by atoms with Crippen molar-refractivity contribution < 1.29 is 4.74 Å². The maximum Gasteiger partial charge on any atom is 0.131 e. The molecule has 0 aromatic heterocycles. The zero-order valence-electron chi connectivity index (χ0n) is 18.9. The lowest BCUT2D eigenvalue weighted by atomic mass is 9.61. The van der Waals surface area contributed by atoms with Gasteiger partial charge in [0, 0.05) is 11.0 Å². The third-order valence-electron chi connectivity index (χ3n) is 6.63. The molecule has 0 bridgehead atoms. The van der Waals surface area contributed by atoms with Crippen LogP contribution >= 0.6 is 0 Å². The first-order valence-corrected chi connectivity index (χ1v) is 10.6. The highest BCUT2D eigenvalue weighted by Crippen LogP contribution is 2.47. The third-order valence-corrected chi connectivity index (χ3v) is 6.63. The van der Waals surface area contributed by atoms with Crippen molar-refractivity contribution in [1.29, 1.82) is 0 Å². The Hall–Kier alpha value is -2.54. The van der Waals surface area contributed by atoms with Crippen LogP contribution in [-0.4, -0.2) is 0 Å². The van der Waals surface area contributed by atoms with Crippen molar-refractivity contribution in [2.75, 3.05) is 0 Å². The van der Waals surface area contributed by atoms with Crippen LogP contribution in [0.1, 0.15) is 69.7 Å². The molecule has 152 valence electrons. The van der Waals surface area contributed by atoms with Crippen molar-refractivity contribution >= 4 is 0 Å². The van der Waals surface area contributed by atoms with Crippen molar-refractivity contribution in [1.82, 2.24) is 0 Å². The van der Waals surface area contributed by atoms with Gasteiger partial charge in [-0.3, -0.25) is 0 Å². The SMILES string of the molecule is Cc1ccc(Oc2ccccc2C(C)(C)C(C)(C)c2ccccc2)c(C(C)C)c1. The second-order valence-electron chi connectivity index (χ2n) is 9.41. The summed E-state index contributed by atoms with van der Waals surface area (Å²) in [7, 11) is 0. The smallest absolute Gasteiger partial charge is 0.131 e. The number of ether oxygens (including phenoxy) is 1. The molecule has 3 rings (SSSR count). The Morgan fingerprint density at radius 2 is 1.31 bits per heavy atom. The lowest BCUT2D eigenvalue weighted by Gasteiger charge is -2.43. The highest BCUT2D eigenvalue weighted by molar-refractivity contribution is 5.48. The van der Waals surface area contributed by atoms with E-state index in [2.05, 4.69) is 121 Å². The van der Waals surface area contributed by atoms with Gasteiger partial charge in [0.25, 0.3) is 0 Å². The summed E-state index contributed by atoms with van der Waals surface area (Å²) in [4.78, 5) is 0. The number of rotatable bonds is 6. The third kappa shape index (κ3) is 4.10. The Labute approximate surface area is 176 Å². The second-order valence-corrected chi connectivity index (χ2v) is 9.41. The molecule has 0 fully saturated rings. The Morgan fingerprint density at radius 1 is 0.690 bits per heavy atom. The molecule has 3 aromatic rings. The number of hydrogen-bond acceptors (Lipinski definition) is 1. The number of para-hydroxylation sites is 1. The van der Waals surface area contributed by atoms with Crippen molar-refractivity contribution in [3.05, 3.63) is 95.1 Å². The Bertz CT molecular complexity index is 965. The summed E-state index contributed by atoms with van der Waals surface area (Å²) in [6.07, 6.45) is 0. The van der Waals surface area contributed by atoms with E-state index < -0.39 is 0 Å². The monoisotopic (exact) mass is 386 g/mol. The van der Waals surface area contributed by atoms with E-state index in [0.717, 1.165) is 11.5 Å². The summed E-state index contributed by atoms with van der Waals surface area (Å²) < 4.78 is 6.57. The molecular formula is C28H34O. The van der Waals surface area contributed by atoms with E-state index in [-0.39, 0.29) is 10.8 Å². The fourth-order valence-corrected chi connectivity index (χ4v) is 3.95. The van der Waals surface area contributed by atoms with Gasteiger partial charge in [-0.05, 0) is 41.5 Å².